The van der Waals surface area contributed by atoms with Gasteiger partial charge in [-0.2, -0.15) is 0 Å². The minimum absolute atomic E-state index is 0.337. The second-order valence-corrected chi connectivity index (χ2v) is 9.49. The molecule has 2 fully saturated rings. The topological polar surface area (TPSA) is 70.1 Å². The zero-order chi connectivity index (χ0) is 19.3. The molecule has 0 bridgehead atoms. The van der Waals surface area contributed by atoms with Crippen molar-refractivity contribution in [3.63, 3.8) is 0 Å². The first-order chi connectivity index (χ1) is 11.9. The zero-order valence-corrected chi connectivity index (χ0v) is 17.3. The molecule has 8 heteroatoms. The van der Waals surface area contributed by atoms with Gasteiger partial charge in [-0.05, 0) is 48.5 Å². The molecule has 3 atom stereocenters. The number of aromatic nitrogens is 1. The van der Waals surface area contributed by atoms with Gasteiger partial charge in [0.15, 0.2) is 5.79 Å². The van der Waals surface area contributed by atoms with Crippen molar-refractivity contribution in [2.24, 2.45) is 0 Å². The molecule has 0 N–H and O–H groups in total. The molecule has 2 saturated heterocycles. The van der Waals surface area contributed by atoms with Crippen molar-refractivity contribution in [1.29, 1.82) is 0 Å². The molecule has 2 aliphatic rings. The Morgan fingerprint density at radius 3 is 2.58 bits per heavy atom. The first kappa shape index (κ1) is 19.5. The summed E-state index contributed by atoms with van der Waals surface area (Å²) in [5.41, 5.74) is -1.39. The fourth-order valence-corrected chi connectivity index (χ4v) is 4.08. The largest absolute Gasteiger partial charge is 0.444 e. The summed E-state index contributed by atoms with van der Waals surface area (Å²) in [5, 5.41) is 2.73. The van der Waals surface area contributed by atoms with Crippen LogP contribution in [0, 0.1) is 0 Å². The highest BCUT2D eigenvalue weighted by Crippen LogP contribution is 2.44. The normalized spacial score (nSPS) is 30.6. The summed E-state index contributed by atoms with van der Waals surface area (Å²) < 4.78 is 23.8. The van der Waals surface area contributed by atoms with Gasteiger partial charge in [0.2, 0.25) is 0 Å². The van der Waals surface area contributed by atoms with Crippen LogP contribution in [-0.4, -0.2) is 51.8 Å². The van der Waals surface area contributed by atoms with E-state index < -0.39 is 29.3 Å². The van der Waals surface area contributed by atoms with Crippen molar-refractivity contribution in [1.82, 2.24) is 9.88 Å². The Morgan fingerprint density at radius 2 is 2.00 bits per heavy atom. The predicted molar refractivity (Wildman–Crippen MR) is 96.8 cm³/mol. The van der Waals surface area contributed by atoms with Gasteiger partial charge in [-0.25, -0.2) is 9.78 Å². The average molecular weight is 384 g/mol. The van der Waals surface area contributed by atoms with Gasteiger partial charge in [-0.3, -0.25) is 4.90 Å². The molecule has 3 rings (SSSR count). The Bertz CT molecular complexity index is 653. The van der Waals surface area contributed by atoms with E-state index in [1.807, 2.05) is 53.8 Å². The maximum atomic E-state index is 12.9. The van der Waals surface area contributed by atoms with Gasteiger partial charge in [0.1, 0.15) is 28.5 Å². The number of ether oxygens (including phenoxy) is 4. The fraction of sp³-hybridized carbons (Fsp3) is 0.778. The molecule has 26 heavy (non-hydrogen) atoms. The predicted octanol–water partition coefficient (Wildman–Crippen LogP) is 3.71. The van der Waals surface area contributed by atoms with Gasteiger partial charge in [0.25, 0.3) is 0 Å². The Kier molecular flexibility index (Phi) is 4.84. The molecule has 2 aliphatic heterocycles. The van der Waals surface area contributed by atoms with Crippen LogP contribution in [0.25, 0.3) is 0 Å². The monoisotopic (exact) mass is 384 g/mol. The van der Waals surface area contributed by atoms with E-state index in [-0.39, 0.29) is 12.1 Å². The second-order valence-electron chi connectivity index (χ2n) is 8.57. The van der Waals surface area contributed by atoms with E-state index in [0.717, 1.165) is 5.01 Å². The van der Waals surface area contributed by atoms with E-state index in [1.54, 1.807) is 11.1 Å². The summed E-state index contributed by atoms with van der Waals surface area (Å²) in [6, 6.07) is -0.337. The van der Waals surface area contributed by atoms with Gasteiger partial charge in [-0.15, -0.1) is 11.3 Å². The molecule has 1 aromatic heterocycles. The number of thiazole rings is 1. The molecule has 1 aromatic rings. The van der Waals surface area contributed by atoms with Crippen LogP contribution in [0.1, 0.15) is 59.6 Å². The van der Waals surface area contributed by atoms with Crippen molar-refractivity contribution in [2.75, 3.05) is 6.61 Å². The number of carbonyl (C=O) groups is 1. The summed E-state index contributed by atoms with van der Waals surface area (Å²) in [7, 11) is 0. The summed E-state index contributed by atoms with van der Waals surface area (Å²) in [4.78, 5) is 18.9. The van der Waals surface area contributed by atoms with Gasteiger partial charge in [0, 0.05) is 11.6 Å². The summed E-state index contributed by atoms with van der Waals surface area (Å²) in [6.45, 7) is 13.3. The highest BCUT2D eigenvalue weighted by atomic mass is 32.1. The van der Waals surface area contributed by atoms with Gasteiger partial charge < -0.3 is 18.9 Å². The smallest absolute Gasteiger partial charge is 0.412 e. The molecular weight excluding hydrogens is 356 g/mol. The van der Waals surface area contributed by atoms with E-state index in [4.69, 9.17) is 18.9 Å². The van der Waals surface area contributed by atoms with Crippen LogP contribution < -0.4 is 0 Å². The van der Waals surface area contributed by atoms with Gasteiger partial charge in [0.05, 0.1) is 12.6 Å². The third kappa shape index (κ3) is 3.88. The molecule has 0 saturated carbocycles. The summed E-state index contributed by atoms with van der Waals surface area (Å²) in [5.74, 6) is -0.770. The van der Waals surface area contributed by atoms with Crippen LogP contribution in [0.3, 0.4) is 0 Å². The van der Waals surface area contributed by atoms with E-state index in [1.165, 1.54) is 11.3 Å². The van der Waals surface area contributed by atoms with Crippen LogP contribution >= 0.6 is 11.3 Å². The lowest BCUT2D eigenvalue weighted by Crippen LogP contribution is -2.54. The Labute approximate surface area is 158 Å². The molecular formula is C18H28N2O5S. The van der Waals surface area contributed by atoms with Crippen molar-refractivity contribution in [2.45, 2.75) is 83.8 Å². The van der Waals surface area contributed by atoms with E-state index >= 15 is 0 Å². The number of rotatable bonds is 2. The van der Waals surface area contributed by atoms with Crippen molar-refractivity contribution in [3.8, 4) is 0 Å². The molecule has 1 amide bonds. The Morgan fingerprint density at radius 1 is 1.31 bits per heavy atom. The van der Waals surface area contributed by atoms with Crippen molar-refractivity contribution < 1.29 is 23.7 Å². The number of hydrogen-bond donors (Lipinski definition) is 0. The van der Waals surface area contributed by atoms with Crippen LogP contribution in [0.15, 0.2) is 11.6 Å². The molecule has 0 spiro atoms. The number of carbonyl (C=O) groups excluding carboxylic acids is 1. The lowest BCUT2D eigenvalue weighted by molar-refractivity contribution is -0.152. The molecule has 146 valence electrons. The quantitative estimate of drug-likeness (QED) is 0.774. The summed E-state index contributed by atoms with van der Waals surface area (Å²) in [6.07, 6.45) is 0.561. The highest BCUT2D eigenvalue weighted by Gasteiger charge is 2.56. The number of amides is 1. The SMILES string of the molecule is CC(C)(C)OC(=O)N1[C@H]([C@@H]2OC(C)(C)O[C@@H]2c2nccs2)COC1(C)C. The average Bonchev–Trinajstić information content (AvgIpc) is 3.13. The van der Waals surface area contributed by atoms with Crippen LogP contribution in [0.5, 0.6) is 0 Å². The number of hydrogen-bond acceptors (Lipinski definition) is 7. The van der Waals surface area contributed by atoms with Crippen molar-refractivity contribution in [3.05, 3.63) is 16.6 Å². The standard InChI is InChI=1S/C18H28N2O5S/c1-16(2,3)25-15(21)20-11(10-22-17(20,4)5)12-13(14-19-8-9-26-14)24-18(6,7)23-12/h8-9,11-13H,10H2,1-7H3/t11-,12-,13-/m0/s1. The maximum Gasteiger partial charge on any atom is 0.412 e. The van der Waals surface area contributed by atoms with Crippen LogP contribution in [0.4, 0.5) is 4.79 Å². The number of nitrogens with zero attached hydrogens (tertiary/aromatic N) is 2. The molecule has 0 aliphatic carbocycles. The fourth-order valence-electron chi connectivity index (χ4n) is 3.38. The summed E-state index contributed by atoms with van der Waals surface area (Å²) >= 11 is 1.51. The second kappa shape index (κ2) is 6.44. The Hall–Kier alpha value is -1.22. The van der Waals surface area contributed by atoms with Gasteiger partial charge in [-0.1, -0.05) is 0 Å². The molecule has 0 aromatic carbocycles. The first-order valence-electron chi connectivity index (χ1n) is 8.81. The van der Waals surface area contributed by atoms with E-state index in [0.29, 0.717) is 6.61 Å². The Balaban J connectivity index is 1.91. The lowest BCUT2D eigenvalue weighted by Gasteiger charge is -2.37. The zero-order valence-electron chi connectivity index (χ0n) is 16.4. The maximum absolute atomic E-state index is 12.9. The van der Waals surface area contributed by atoms with E-state index in [9.17, 15) is 4.79 Å². The van der Waals surface area contributed by atoms with Crippen molar-refractivity contribution >= 4 is 17.4 Å². The third-order valence-corrected chi connectivity index (χ3v) is 5.15. The minimum Gasteiger partial charge on any atom is -0.444 e. The first-order valence-corrected chi connectivity index (χ1v) is 9.69. The molecule has 0 unspecified atom stereocenters. The highest BCUT2D eigenvalue weighted by molar-refractivity contribution is 7.09. The molecule has 7 nitrogen and oxygen atoms in total. The third-order valence-electron chi connectivity index (χ3n) is 4.31. The van der Waals surface area contributed by atoms with Crippen LogP contribution in [0.2, 0.25) is 0 Å². The molecule has 3 heterocycles. The minimum atomic E-state index is -0.795. The lowest BCUT2D eigenvalue weighted by atomic mass is 10.0. The van der Waals surface area contributed by atoms with Crippen LogP contribution in [-0.2, 0) is 18.9 Å². The van der Waals surface area contributed by atoms with E-state index in [2.05, 4.69) is 4.98 Å². The molecule has 0 radical (unpaired) electrons. The van der Waals surface area contributed by atoms with Gasteiger partial charge >= 0.3 is 6.09 Å².